The van der Waals surface area contributed by atoms with Crippen molar-refractivity contribution in [3.05, 3.63) is 0 Å². The van der Waals surface area contributed by atoms with Crippen LogP contribution < -0.4 is 0 Å². The second kappa shape index (κ2) is 3.68. The molecule has 0 amide bonds. The zero-order valence-corrected chi connectivity index (χ0v) is 10.4. The van der Waals surface area contributed by atoms with Crippen LogP contribution >= 0.6 is 0 Å². The summed E-state index contributed by atoms with van der Waals surface area (Å²) in [5.74, 6) is -2.22. The van der Waals surface area contributed by atoms with E-state index in [1.54, 1.807) is 0 Å². The minimum Gasteiger partial charge on any atom is -0.468 e. The van der Waals surface area contributed by atoms with E-state index in [-0.39, 0.29) is 11.8 Å². The number of hydrogen-bond acceptors (Lipinski definition) is 6. The maximum absolute atomic E-state index is 12.0. The van der Waals surface area contributed by atoms with E-state index < -0.39 is 23.1 Å². The van der Waals surface area contributed by atoms with E-state index >= 15 is 0 Å². The largest absolute Gasteiger partial charge is 0.468 e. The van der Waals surface area contributed by atoms with E-state index in [2.05, 4.69) is 0 Å². The maximum atomic E-state index is 12.0. The fraction of sp³-hybridized carbons (Fsp3) is 0.833. The Labute approximate surface area is 105 Å². The van der Waals surface area contributed by atoms with Gasteiger partial charge in [-0.2, -0.15) is 0 Å². The van der Waals surface area contributed by atoms with Crippen LogP contribution in [0.2, 0.25) is 0 Å². The van der Waals surface area contributed by atoms with Crippen LogP contribution in [0.15, 0.2) is 0 Å². The van der Waals surface area contributed by atoms with Gasteiger partial charge < -0.3 is 18.9 Å². The fourth-order valence-electron chi connectivity index (χ4n) is 3.79. The second-order valence-electron chi connectivity index (χ2n) is 4.98. The quantitative estimate of drug-likeness (QED) is 0.515. The van der Waals surface area contributed by atoms with Crippen molar-refractivity contribution in [1.29, 1.82) is 0 Å². The molecule has 1 heterocycles. The fourth-order valence-corrected chi connectivity index (χ4v) is 3.79. The molecule has 3 aliphatic rings. The van der Waals surface area contributed by atoms with Crippen molar-refractivity contribution in [2.24, 2.45) is 17.3 Å². The summed E-state index contributed by atoms with van der Waals surface area (Å²) in [7, 11) is 2.56. The van der Waals surface area contributed by atoms with E-state index in [4.69, 9.17) is 18.9 Å². The lowest BCUT2D eigenvalue weighted by Gasteiger charge is -2.28. The van der Waals surface area contributed by atoms with Gasteiger partial charge in [0.25, 0.3) is 0 Å². The third kappa shape index (κ3) is 1.15. The highest BCUT2D eigenvalue weighted by molar-refractivity contribution is 6.05. The number of esters is 2. The minimum atomic E-state index is -1.22. The Morgan fingerprint density at radius 2 is 1.67 bits per heavy atom. The summed E-state index contributed by atoms with van der Waals surface area (Å²) in [5.41, 5.74) is -1.22. The molecule has 2 aliphatic carbocycles. The van der Waals surface area contributed by atoms with Gasteiger partial charge in [-0.05, 0) is 12.3 Å². The monoisotopic (exact) mass is 256 g/mol. The third-order valence-electron chi connectivity index (χ3n) is 4.47. The molecule has 18 heavy (non-hydrogen) atoms. The molecule has 2 atom stereocenters. The topological polar surface area (TPSA) is 71.1 Å². The Bertz CT molecular complexity index is 376. The van der Waals surface area contributed by atoms with Gasteiger partial charge in [-0.3, -0.25) is 9.59 Å². The molecule has 0 aromatic carbocycles. The Morgan fingerprint density at radius 3 is 2.17 bits per heavy atom. The Hall–Kier alpha value is -1.14. The highest BCUT2D eigenvalue weighted by Crippen LogP contribution is 2.73. The lowest BCUT2D eigenvalue weighted by molar-refractivity contribution is -0.191. The van der Waals surface area contributed by atoms with Crippen LogP contribution in [0.3, 0.4) is 0 Å². The predicted molar refractivity (Wildman–Crippen MR) is 57.3 cm³/mol. The number of rotatable bonds is 2. The van der Waals surface area contributed by atoms with Gasteiger partial charge in [0.05, 0.1) is 27.4 Å². The van der Waals surface area contributed by atoms with E-state index in [1.165, 1.54) is 14.2 Å². The summed E-state index contributed by atoms with van der Waals surface area (Å²) in [4.78, 5) is 24.0. The summed E-state index contributed by atoms with van der Waals surface area (Å²) in [6.07, 6.45) is 1.44. The standard InChI is InChI=1S/C12H16O6/c1-15-9(13)12(10(14)16-2)7-3-4-11(8(7)12)17-5-6-18-11/h7-8H,3-6H2,1-2H3. The van der Waals surface area contributed by atoms with Crippen molar-refractivity contribution in [2.45, 2.75) is 18.6 Å². The first-order valence-electron chi connectivity index (χ1n) is 6.08. The lowest BCUT2D eigenvalue weighted by atomic mass is 9.92. The average molecular weight is 256 g/mol. The zero-order chi connectivity index (χ0) is 13.0. The molecule has 0 bridgehead atoms. The van der Waals surface area contributed by atoms with Crippen molar-refractivity contribution in [3.8, 4) is 0 Å². The number of ether oxygens (including phenoxy) is 4. The molecule has 3 fully saturated rings. The number of fused-ring (bicyclic) bond motifs is 2. The van der Waals surface area contributed by atoms with Crippen molar-refractivity contribution < 1.29 is 28.5 Å². The van der Waals surface area contributed by atoms with Gasteiger partial charge in [-0.15, -0.1) is 0 Å². The summed E-state index contributed by atoms with van der Waals surface area (Å²) >= 11 is 0. The van der Waals surface area contributed by atoms with E-state index in [0.717, 1.165) is 12.8 Å². The van der Waals surface area contributed by atoms with E-state index in [9.17, 15) is 9.59 Å². The minimum absolute atomic E-state index is 0.0875. The molecular weight excluding hydrogens is 240 g/mol. The Balaban J connectivity index is 1.96. The molecule has 0 radical (unpaired) electrons. The van der Waals surface area contributed by atoms with Crippen LogP contribution in [0.4, 0.5) is 0 Å². The molecule has 2 saturated carbocycles. The van der Waals surface area contributed by atoms with Gasteiger partial charge in [0.2, 0.25) is 0 Å². The van der Waals surface area contributed by atoms with Crippen molar-refractivity contribution in [2.75, 3.05) is 27.4 Å². The van der Waals surface area contributed by atoms with Gasteiger partial charge in [-0.25, -0.2) is 0 Å². The highest BCUT2D eigenvalue weighted by atomic mass is 16.7. The Kier molecular flexibility index (Phi) is 2.44. The maximum Gasteiger partial charge on any atom is 0.324 e. The molecule has 1 saturated heterocycles. The SMILES string of the molecule is COC(=O)C1(C(=O)OC)C2CCC3(OCCO3)C21. The van der Waals surface area contributed by atoms with Crippen LogP contribution in [-0.4, -0.2) is 45.2 Å². The normalized spacial score (nSPS) is 34.1. The molecular formula is C12H16O6. The van der Waals surface area contributed by atoms with Crippen LogP contribution in [-0.2, 0) is 28.5 Å². The van der Waals surface area contributed by atoms with Gasteiger partial charge in [0.1, 0.15) is 0 Å². The summed E-state index contributed by atoms with van der Waals surface area (Å²) in [5, 5.41) is 0. The van der Waals surface area contributed by atoms with Crippen LogP contribution in [0, 0.1) is 17.3 Å². The smallest absolute Gasteiger partial charge is 0.324 e. The van der Waals surface area contributed by atoms with Gasteiger partial charge in [-0.1, -0.05) is 0 Å². The molecule has 0 aromatic heterocycles. The summed E-state index contributed by atoms with van der Waals surface area (Å²) in [6, 6.07) is 0. The molecule has 0 N–H and O–H groups in total. The average Bonchev–Trinajstić information content (AvgIpc) is 2.73. The number of carbonyl (C=O) groups excluding carboxylic acids is 2. The molecule has 6 heteroatoms. The van der Waals surface area contributed by atoms with Crippen molar-refractivity contribution in [1.82, 2.24) is 0 Å². The van der Waals surface area contributed by atoms with Crippen molar-refractivity contribution in [3.63, 3.8) is 0 Å². The molecule has 2 unspecified atom stereocenters. The molecule has 6 nitrogen and oxygen atoms in total. The van der Waals surface area contributed by atoms with Crippen LogP contribution in [0.5, 0.6) is 0 Å². The third-order valence-corrected chi connectivity index (χ3v) is 4.47. The highest BCUT2D eigenvalue weighted by Gasteiger charge is 2.85. The van der Waals surface area contributed by atoms with Gasteiger partial charge in [0, 0.05) is 12.3 Å². The molecule has 1 spiro atoms. The Morgan fingerprint density at radius 1 is 1.11 bits per heavy atom. The molecule has 3 rings (SSSR count). The van der Waals surface area contributed by atoms with E-state index in [1.807, 2.05) is 0 Å². The molecule has 100 valence electrons. The number of carbonyl (C=O) groups is 2. The predicted octanol–water partition coefficient (Wildman–Crippen LogP) is 0.102. The summed E-state index contributed by atoms with van der Waals surface area (Å²) < 4.78 is 20.9. The summed E-state index contributed by atoms with van der Waals surface area (Å²) in [6.45, 7) is 1.00. The first kappa shape index (κ1) is 11.9. The molecule has 1 aliphatic heterocycles. The molecule has 0 aromatic rings. The van der Waals surface area contributed by atoms with Gasteiger partial charge >= 0.3 is 11.9 Å². The van der Waals surface area contributed by atoms with Crippen LogP contribution in [0.1, 0.15) is 12.8 Å². The number of methoxy groups -OCH3 is 2. The zero-order valence-electron chi connectivity index (χ0n) is 10.4. The van der Waals surface area contributed by atoms with Gasteiger partial charge in [0.15, 0.2) is 11.2 Å². The first-order chi connectivity index (χ1) is 8.63. The number of hydrogen-bond donors (Lipinski definition) is 0. The second-order valence-corrected chi connectivity index (χ2v) is 4.98. The lowest BCUT2D eigenvalue weighted by Crippen LogP contribution is -2.41. The van der Waals surface area contributed by atoms with E-state index in [0.29, 0.717) is 13.2 Å². The van der Waals surface area contributed by atoms with Crippen molar-refractivity contribution >= 4 is 11.9 Å². The first-order valence-corrected chi connectivity index (χ1v) is 6.08. The van der Waals surface area contributed by atoms with Crippen LogP contribution in [0.25, 0.3) is 0 Å².